The number of nitrogens with two attached hydrogens (primary N) is 3. The minimum Gasteiger partial charge on any atom is -0.370 e. The van der Waals surface area contributed by atoms with Gasteiger partial charge in [0.05, 0.1) is 0 Å². The smallest absolute Gasteiger partial charge is 0.245 e. The van der Waals surface area contributed by atoms with Crippen molar-refractivity contribution < 1.29 is 33.6 Å². The molecule has 17 nitrogen and oxygen atoms in total. The summed E-state index contributed by atoms with van der Waals surface area (Å²) in [7, 11) is 0. The van der Waals surface area contributed by atoms with Gasteiger partial charge in [-0.25, -0.2) is 0 Å². The molecule has 0 aromatic heterocycles. The molecule has 0 radical (unpaired) electrons. The topological polar surface area (TPSA) is 273 Å². The molecule has 0 unspecified atom stereocenters. The van der Waals surface area contributed by atoms with Crippen LogP contribution in [0.4, 0.5) is 0 Å². The first-order chi connectivity index (χ1) is 24.0. The molecule has 7 amide bonds. The summed E-state index contributed by atoms with van der Waals surface area (Å²) < 4.78 is 0. The molecule has 0 bridgehead atoms. The van der Waals surface area contributed by atoms with E-state index >= 15 is 0 Å². The number of guanidine groups is 1. The van der Waals surface area contributed by atoms with Crippen LogP contribution in [0.5, 0.6) is 0 Å². The van der Waals surface area contributed by atoms with E-state index in [4.69, 9.17) is 17.2 Å². The Kier molecular flexibility index (Phi) is 16.8. The zero-order valence-electron chi connectivity index (χ0n) is 30.1. The monoisotopic (exact) mass is 714 g/mol. The molecule has 0 spiro atoms. The molecule has 2 rings (SSSR count). The Hall–Kier alpha value is -5.22. The molecule has 11 N–H and O–H groups in total. The number of amides is 7. The molecule has 1 fully saturated rings. The van der Waals surface area contributed by atoms with Crippen LogP contribution in [-0.4, -0.2) is 102 Å². The third kappa shape index (κ3) is 14.3. The average molecular weight is 715 g/mol. The predicted molar refractivity (Wildman–Crippen MR) is 190 cm³/mol. The van der Waals surface area contributed by atoms with Crippen LogP contribution in [0.2, 0.25) is 0 Å². The molecule has 6 atom stereocenters. The van der Waals surface area contributed by atoms with E-state index < -0.39 is 71.7 Å². The van der Waals surface area contributed by atoms with E-state index in [9.17, 15) is 33.6 Å². The van der Waals surface area contributed by atoms with Gasteiger partial charge in [-0.3, -0.25) is 38.6 Å². The fourth-order valence-corrected chi connectivity index (χ4v) is 5.65. The number of primary amides is 1. The molecule has 17 heteroatoms. The highest BCUT2D eigenvalue weighted by Gasteiger charge is 2.38. The lowest BCUT2D eigenvalue weighted by Crippen LogP contribution is -2.59. The minimum absolute atomic E-state index is 0.0732. The molecule has 1 aliphatic rings. The van der Waals surface area contributed by atoms with Crippen molar-refractivity contribution in [3.63, 3.8) is 0 Å². The van der Waals surface area contributed by atoms with Crippen LogP contribution < -0.4 is 43.8 Å². The zero-order chi connectivity index (χ0) is 38.2. The van der Waals surface area contributed by atoms with E-state index in [1.54, 1.807) is 31.2 Å². The number of carbonyl (C=O) groups excluding carboxylic acids is 7. The Balaban J connectivity index is 2.31. The highest BCUT2D eigenvalue weighted by atomic mass is 16.2. The van der Waals surface area contributed by atoms with E-state index in [1.165, 1.54) is 18.7 Å². The minimum atomic E-state index is -1.14. The number of nitrogens with zero attached hydrogens (tertiary/aromatic N) is 2. The van der Waals surface area contributed by atoms with Crippen molar-refractivity contribution in [3.8, 4) is 0 Å². The zero-order valence-corrected chi connectivity index (χ0v) is 30.1. The maximum atomic E-state index is 14.0. The number of aliphatic imine (C=N–C) groups is 1. The van der Waals surface area contributed by atoms with E-state index in [2.05, 4.69) is 31.6 Å². The molecule has 51 heavy (non-hydrogen) atoms. The number of likely N-dealkylation sites (tertiary alicyclic amines) is 1. The van der Waals surface area contributed by atoms with Crippen LogP contribution in [0.1, 0.15) is 72.3 Å². The lowest BCUT2D eigenvalue weighted by molar-refractivity contribution is -0.141. The van der Waals surface area contributed by atoms with Crippen LogP contribution >= 0.6 is 0 Å². The van der Waals surface area contributed by atoms with Crippen molar-refractivity contribution >= 4 is 47.3 Å². The number of benzene rings is 1. The number of hydrogen-bond donors (Lipinski definition) is 8. The first-order valence-electron chi connectivity index (χ1n) is 17.2. The third-order valence-electron chi connectivity index (χ3n) is 8.25. The van der Waals surface area contributed by atoms with Crippen molar-refractivity contribution in [3.05, 3.63) is 35.9 Å². The Labute approximate surface area is 298 Å². The van der Waals surface area contributed by atoms with Gasteiger partial charge in [-0.2, -0.15) is 0 Å². The van der Waals surface area contributed by atoms with Crippen LogP contribution in [0.3, 0.4) is 0 Å². The molecule has 282 valence electrons. The van der Waals surface area contributed by atoms with Gasteiger partial charge in [-0.05, 0) is 57.4 Å². The fourth-order valence-electron chi connectivity index (χ4n) is 5.65. The first kappa shape index (κ1) is 41.9. The second-order valence-electron chi connectivity index (χ2n) is 13.2. The summed E-state index contributed by atoms with van der Waals surface area (Å²) in [5, 5.41) is 13.3. The van der Waals surface area contributed by atoms with Crippen LogP contribution in [0, 0.1) is 5.92 Å². The van der Waals surface area contributed by atoms with Crippen molar-refractivity contribution in [2.45, 2.75) is 109 Å². The quantitative estimate of drug-likeness (QED) is 0.0460. The van der Waals surface area contributed by atoms with Gasteiger partial charge in [0.15, 0.2) is 5.96 Å². The summed E-state index contributed by atoms with van der Waals surface area (Å²) in [4.78, 5) is 96.0. The van der Waals surface area contributed by atoms with E-state index in [-0.39, 0.29) is 43.6 Å². The molecule has 0 aliphatic carbocycles. The van der Waals surface area contributed by atoms with Gasteiger partial charge in [0.25, 0.3) is 0 Å². The number of rotatable bonds is 19. The molecule has 1 saturated heterocycles. The fraction of sp³-hybridized carbons (Fsp3) is 0.588. The number of hydrogen-bond acceptors (Lipinski definition) is 8. The standard InChI is InChI=1S/C34H54N10O7/c1-19(2)17-25(30(48)41-24(13-9-15-38-34(36)37)29(47)40-20(3)28(35)46)42-31(49)26(18-23-11-7-6-8-12-23)43-32(50)27-14-10-16-44(27)33(51)21(4)39-22(5)45/h6-8,11-12,19-21,24-27H,9-10,13-18H2,1-5H3,(H2,35,46)(H,39,45)(H,40,47)(H,41,48)(H,42,49)(H,43,50)(H4,36,37,38)/t20-,21-,24-,25-,26-,27-/m0/s1. The van der Waals surface area contributed by atoms with E-state index in [0.717, 1.165) is 5.56 Å². The number of carbonyl (C=O) groups is 7. The summed E-state index contributed by atoms with van der Waals surface area (Å²) >= 11 is 0. The van der Waals surface area contributed by atoms with Gasteiger partial charge in [-0.15, -0.1) is 0 Å². The van der Waals surface area contributed by atoms with Crippen molar-refractivity contribution in [2.24, 2.45) is 28.1 Å². The Morgan fingerprint density at radius 2 is 1.41 bits per heavy atom. The summed E-state index contributed by atoms with van der Waals surface area (Å²) in [6.07, 6.45) is 1.60. The number of nitrogens with one attached hydrogen (secondary N) is 5. The highest BCUT2D eigenvalue weighted by molar-refractivity contribution is 5.97. The molecule has 1 heterocycles. The van der Waals surface area contributed by atoms with Crippen LogP contribution in [0.25, 0.3) is 0 Å². The largest absolute Gasteiger partial charge is 0.370 e. The molecule has 1 aromatic carbocycles. The lowest BCUT2D eigenvalue weighted by atomic mass is 10.00. The molecule has 1 aliphatic heterocycles. The van der Waals surface area contributed by atoms with Gasteiger partial charge < -0.3 is 48.7 Å². The van der Waals surface area contributed by atoms with Crippen molar-refractivity contribution in [1.29, 1.82) is 0 Å². The summed E-state index contributed by atoms with van der Waals surface area (Å²) in [6.45, 7) is 8.45. The highest BCUT2D eigenvalue weighted by Crippen LogP contribution is 2.19. The van der Waals surface area contributed by atoms with Gasteiger partial charge in [0.2, 0.25) is 41.4 Å². The predicted octanol–water partition coefficient (Wildman–Crippen LogP) is -1.71. The van der Waals surface area contributed by atoms with E-state index in [0.29, 0.717) is 25.8 Å². The average Bonchev–Trinajstić information content (AvgIpc) is 3.55. The molecular weight excluding hydrogens is 660 g/mol. The van der Waals surface area contributed by atoms with Gasteiger partial charge in [0, 0.05) is 26.4 Å². The lowest BCUT2D eigenvalue weighted by Gasteiger charge is -2.29. The summed E-state index contributed by atoms with van der Waals surface area (Å²) in [5.74, 6) is -4.28. The Morgan fingerprint density at radius 1 is 0.804 bits per heavy atom. The van der Waals surface area contributed by atoms with Gasteiger partial charge in [-0.1, -0.05) is 44.2 Å². The SMILES string of the molecule is CC(=O)N[C@@H](C)C(=O)N1CCC[C@H]1C(=O)N[C@@H](Cc1ccccc1)C(=O)N[C@@H](CC(C)C)C(=O)N[C@@H](CCCN=C(N)N)C(=O)N[C@@H](C)C(N)=O. The maximum absolute atomic E-state index is 14.0. The molecule has 0 saturated carbocycles. The maximum Gasteiger partial charge on any atom is 0.245 e. The Morgan fingerprint density at radius 3 is 2.00 bits per heavy atom. The second kappa shape index (κ2) is 20.5. The first-order valence-corrected chi connectivity index (χ1v) is 17.2. The summed E-state index contributed by atoms with van der Waals surface area (Å²) in [5.41, 5.74) is 16.8. The molecular formula is C34H54N10O7. The van der Waals surface area contributed by atoms with Gasteiger partial charge in [0.1, 0.15) is 36.3 Å². The van der Waals surface area contributed by atoms with E-state index in [1.807, 2.05) is 19.9 Å². The summed E-state index contributed by atoms with van der Waals surface area (Å²) in [6, 6.07) is 2.90. The van der Waals surface area contributed by atoms with Crippen molar-refractivity contribution in [2.75, 3.05) is 13.1 Å². The van der Waals surface area contributed by atoms with Crippen LogP contribution in [0.15, 0.2) is 35.3 Å². The van der Waals surface area contributed by atoms with Crippen molar-refractivity contribution in [1.82, 2.24) is 31.5 Å². The normalized spacial score (nSPS) is 16.8. The Bertz CT molecular complexity index is 1420. The second-order valence-corrected chi connectivity index (χ2v) is 13.2. The third-order valence-corrected chi connectivity index (χ3v) is 8.25. The van der Waals surface area contributed by atoms with Crippen LogP contribution in [-0.2, 0) is 40.0 Å². The van der Waals surface area contributed by atoms with Gasteiger partial charge >= 0.3 is 0 Å². The molecule has 1 aromatic rings.